The summed E-state index contributed by atoms with van der Waals surface area (Å²) in [6.45, 7) is 6.82. The predicted molar refractivity (Wildman–Crippen MR) is 79.3 cm³/mol. The second-order valence-corrected chi connectivity index (χ2v) is 7.69. The zero-order valence-electron chi connectivity index (χ0n) is 13.1. The summed E-state index contributed by atoms with van der Waals surface area (Å²) in [5, 5.41) is 3.54. The smallest absolute Gasteiger partial charge is 0.310 e. The van der Waals surface area contributed by atoms with Crippen LogP contribution >= 0.6 is 0 Å². The molecule has 1 saturated carbocycles. The Morgan fingerprint density at radius 1 is 1.15 bits per heavy atom. The lowest BCUT2D eigenvalue weighted by Gasteiger charge is -2.37. The van der Waals surface area contributed by atoms with E-state index in [0.717, 1.165) is 19.3 Å². The van der Waals surface area contributed by atoms with E-state index >= 15 is 0 Å². The van der Waals surface area contributed by atoms with Crippen molar-refractivity contribution in [2.75, 3.05) is 0 Å². The first-order valence-electron chi connectivity index (χ1n) is 8.51. The summed E-state index contributed by atoms with van der Waals surface area (Å²) in [6, 6.07) is 0.967. The van der Waals surface area contributed by atoms with Gasteiger partial charge in [0.25, 0.3) is 0 Å². The quantitative estimate of drug-likeness (QED) is 0.807. The number of hydrogen-bond donors (Lipinski definition) is 1. The van der Waals surface area contributed by atoms with Gasteiger partial charge < -0.3 is 10.1 Å². The topological polar surface area (TPSA) is 38.3 Å². The molecule has 0 aromatic rings. The van der Waals surface area contributed by atoms with Crippen LogP contribution in [0.4, 0.5) is 0 Å². The van der Waals surface area contributed by atoms with Gasteiger partial charge in [0.2, 0.25) is 0 Å². The van der Waals surface area contributed by atoms with Crippen molar-refractivity contribution >= 4 is 5.97 Å². The highest BCUT2D eigenvalue weighted by Crippen LogP contribution is 2.38. The maximum atomic E-state index is 12.5. The first kappa shape index (κ1) is 14.4. The zero-order valence-corrected chi connectivity index (χ0v) is 13.1. The highest BCUT2D eigenvalue weighted by Gasteiger charge is 2.45. The van der Waals surface area contributed by atoms with Gasteiger partial charge in [-0.1, -0.05) is 27.2 Å². The second-order valence-electron chi connectivity index (χ2n) is 7.69. The van der Waals surface area contributed by atoms with E-state index in [1.165, 1.54) is 19.3 Å². The summed E-state index contributed by atoms with van der Waals surface area (Å²) in [7, 11) is 0. The summed E-state index contributed by atoms with van der Waals surface area (Å²) in [5.41, 5.74) is 0. The molecule has 6 atom stereocenters. The number of rotatable bonds is 3. The lowest BCUT2D eigenvalue weighted by atomic mass is 9.75. The Labute approximate surface area is 122 Å². The largest absolute Gasteiger partial charge is 0.462 e. The molecular weight excluding hydrogens is 250 g/mol. The van der Waals surface area contributed by atoms with E-state index in [-0.39, 0.29) is 18.0 Å². The van der Waals surface area contributed by atoms with Crippen molar-refractivity contribution in [3.8, 4) is 0 Å². The van der Waals surface area contributed by atoms with Crippen molar-refractivity contribution in [1.29, 1.82) is 0 Å². The molecule has 0 aromatic carbocycles. The minimum atomic E-state index is 0.0782. The first-order valence-corrected chi connectivity index (χ1v) is 8.51. The molecule has 3 heteroatoms. The average Bonchev–Trinajstić information content (AvgIpc) is 3.00. The lowest BCUT2D eigenvalue weighted by molar-refractivity contribution is -0.161. The summed E-state index contributed by atoms with van der Waals surface area (Å²) in [6.07, 6.45) is 7.10. The van der Waals surface area contributed by atoms with E-state index in [4.69, 9.17) is 4.74 Å². The van der Waals surface area contributed by atoms with Gasteiger partial charge in [-0.05, 0) is 49.9 Å². The molecule has 0 spiro atoms. The van der Waals surface area contributed by atoms with Gasteiger partial charge in [-0.2, -0.15) is 0 Å². The minimum absolute atomic E-state index is 0.0782. The molecule has 0 radical (unpaired) electrons. The molecule has 114 valence electrons. The van der Waals surface area contributed by atoms with Crippen molar-refractivity contribution in [2.45, 2.75) is 77.5 Å². The van der Waals surface area contributed by atoms with Gasteiger partial charge in [0, 0.05) is 12.1 Å². The van der Waals surface area contributed by atoms with Crippen LogP contribution in [0.25, 0.3) is 0 Å². The molecule has 6 unspecified atom stereocenters. The summed E-state index contributed by atoms with van der Waals surface area (Å²) in [4.78, 5) is 12.5. The Morgan fingerprint density at radius 3 is 2.55 bits per heavy atom. The Balaban J connectivity index is 1.61. The normalized spacial score (nSPS) is 44.0. The van der Waals surface area contributed by atoms with Crippen LogP contribution in [0.2, 0.25) is 0 Å². The Hall–Kier alpha value is -0.570. The fraction of sp³-hybridized carbons (Fsp3) is 0.941. The van der Waals surface area contributed by atoms with E-state index in [9.17, 15) is 4.79 Å². The maximum absolute atomic E-state index is 12.5. The average molecular weight is 279 g/mol. The Kier molecular flexibility index (Phi) is 4.07. The number of nitrogens with one attached hydrogen (secondary N) is 1. The summed E-state index contributed by atoms with van der Waals surface area (Å²) >= 11 is 0. The maximum Gasteiger partial charge on any atom is 0.310 e. The molecule has 2 saturated heterocycles. The Bertz CT molecular complexity index is 368. The van der Waals surface area contributed by atoms with Crippen LogP contribution < -0.4 is 5.32 Å². The van der Waals surface area contributed by atoms with Gasteiger partial charge in [-0.3, -0.25) is 4.79 Å². The van der Waals surface area contributed by atoms with E-state index in [0.29, 0.717) is 29.8 Å². The number of ether oxygens (including phenoxy) is 1. The van der Waals surface area contributed by atoms with Crippen LogP contribution in [0.5, 0.6) is 0 Å². The van der Waals surface area contributed by atoms with Crippen molar-refractivity contribution in [1.82, 2.24) is 5.32 Å². The van der Waals surface area contributed by atoms with Crippen LogP contribution in [0, 0.1) is 23.7 Å². The Morgan fingerprint density at radius 2 is 1.95 bits per heavy atom. The molecule has 3 nitrogen and oxygen atoms in total. The fourth-order valence-electron chi connectivity index (χ4n) is 4.57. The molecule has 1 aliphatic carbocycles. The van der Waals surface area contributed by atoms with Crippen LogP contribution in [0.1, 0.15) is 59.3 Å². The molecule has 2 heterocycles. The minimum Gasteiger partial charge on any atom is -0.462 e. The van der Waals surface area contributed by atoms with Crippen LogP contribution in [-0.4, -0.2) is 24.2 Å². The van der Waals surface area contributed by atoms with Crippen molar-refractivity contribution < 1.29 is 9.53 Å². The van der Waals surface area contributed by atoms with Gasteiger partial charge in [0.05, 0.1) is 5.92 Å². The molecule has 0 amide bonds. The molecule has 0 aromatic heterocycles. The molecule has 3 aliphatic rings. The van der Waals surface area contributed by atoms with Crippen LogP contribution in [0.3, 0.4) is 0 Å². The molecular formula is C17H29NO2. The molecule has 3 fully saturated rings. The highest BCUT2D eigenvalue weighted by atomic mass is 16.5. The zero-order chi connectivity index (χ0) is 14.3. The number of hydrogen-bond acceptors (Lipinski definition) is 3. The van der Waals surface area contributed by atoms with Gasteiger partial charge in [0.1, 0.15) is 6.10 Å². The van der Waals surface area contributed by atoms with Crippen molar-refractivity contribution in [3.05, 3.63) is 0 Å². The van der Waals surface area contributed by atoms with Crippen molar-refractivity contribution in [3.63, 3.8) is 0 Å². The first-order chi connectivity index (χ1) is 9.54. The van der Waals surface area contributed by atoms with Crippen LogP contribution in [-0.2, 0) is 9.53 Å². The molecule has 20 heavy (non-hydrogen) atoms. The summed E-state index contributed by atoms with van der Waals surface area (Å²) in [5.74, 6) is 2.06. The van der Waals surface area contributed by atoms with E-state index in [1.54, 1.807) is 0 Å². The van der Waals surface area contributed by atoms with Gasteiger partial charge in [0.15, 0.2) is 0 Å². The standard InChI is InChI=1S/C17H29NO2/c1-10(2)13-6-4-11(3)8-16(13)20-17(19)14-9-12-5-7-15(14)18-12/h10-16,18H,4-9H2,1-3H3. The summed E-state index contributed by atoms with van der Waals surface area (Å²) < 4.78 is 5.99. The van der Waals surface area contributed by atoms with E-state index < -0.39 is 0 Å². The van der Waals surface area contributed by atoms with Gasteiger partial charge in [-0.25, -0.2) is 0 Å². The highest BCUT2D eigenvalue weighted by molar-refractivity contribution is 5.74. The van der Waals surface area contributed by atoms with Crippen LogP contribution in [0.15, 0.2) is 0 Å². The number of fused-ring (bicyclic) bond motifs is 2. The number of carbonyl (C=O) groups is 1. The molecule has 2 aliphatic heterocycles. The van der Waals surface area contributed by atoms with E-state index in [1.807, 2.05) is 0 Å². The second kappa shape index (κ2) is 5.67. The number of esters is 1. The molecule has 2 bridgehead atoms. The third-order valence-electron chi connectivity index (χ3n) is 5.83. The SMILES string of the molecule is CC1CCC(C(C)C)C(OC(=O)C2CC3CCC2N3)C1. The van der Waals surface area contributed by atoms with Gasteiger partial charge >= 0.3 is 5.97 Å². The number of carbonyl (C=O) groups excluding carboxylic acids is 1. The third-order valence-corrected chi connectivity index (χ3v) is 5.83. The molecule has 3 rings (SSSR count). The predicted octanol–water partition coefficient (Wildman–Crippen LogP) is 3.13. The fourth-order valence-corrected chi connectivity index (χ4v) is 4.57. The van der Waals surface area contributed by atoms with E-state index in [2.05, 4.69) is 26.1 Å². The van der Waals surface area contributed by atoms with Crippen molar-refractivity contribution in [2.24, 2.45) is 23.7 Å². The van der Waals surface area contributed by atoms with Gasteiger partial charge in [-0.15, -0.1) is 0 Å². The molecule has 1 N–H and O–H groups in total. The lowest BCUT2D eigenvalue weighted by Crippen LogP contribution is -2.39. The monoisotopic (exact) mass is 279 g/mol. The third kappa shape index (κ3) is 2.74.